The summed E-state index contributed by atoms with van der Waals surface area (Å²) in [7, 11) is 0. The van der Waals surface area contributed by atoms with E-state index in [1.807, 2.05) is 40.7 Å². The van der Waals surface area contributed by atoms with Crippen molar-refractivity contribution < 1.29 is 5.11 Å². The number of aliphatic hydroxyl groups is 1. The first-order valence-corrected chi connectivity index (χ1v) is 8.12. The maximum Gasteiger partial charge on any atom is 0.0910 e. The van der Waals surface area contributed by atoms with Gasteiger partial charge in [-0.25, -0.2) is 0 Å². The lowest BCUT2D eigenvalue weighted by atomic mass is 9.90. The Kier molecular flexibility index (Phi) is 4.50. The van der Waals surface area contributed by atoms with Crippen molar-refractivity contribution in [2.45, 2.75) is 25.5 Å². The molecule has 0 aliphatic carbocycles. The monoisotopic (exact) mass is 291 g/mol. The second-order valence-electron chi connectivity index (χ2n) is 5.41. The van der Waals surface area contributed by atoms with Crippen LogP contribution in [0.25, 0.3) is 0 Å². The van der Waals surface area contributed by atoms with Crippen LogP contribution in [0.2, 0.25) is 0 Å². The first-order valence-electron chi connectivity index (χ1n) is 7.24. The normalized spacial score (nSPS) is 19.2. The van der Waals surface area contributed by atoms with Crippen molar-refractivity contribution in [3.8, 4) is 0 Å². The molecule has 2 aromatic heterocycles. The van der Waals surface area contributed by atoms with E-state index >= 15 is 0 Å². The van der Waals surface area contributed by atoms with Crippen molar-refractivity contribution in [1.29, 1.82) is 0 Å². The van der Waals surface area contributed by atoms with E-state index in [0.29, 0.717) is 5.92 Å². The maximum atomic E-state index is 10.4. The molecule has 1 unspecified atom stereocenters. The SMILES string of the molecule is OC(c1cccs1)C1CCN(CCn2cccn2)CC1. The van der Waals surface area contributed by atoms with Crippen LogP contribution in [0.1, 0.15) is 23.8 Å². The van der Waals surface area contributed by atoms with Gasteiger partial charge in [-0.3, -0.25) is 4.68 Å². The second-order valence-corrected chi connectivity index (χ2v) is 6.39. The number of hydrogen-bond donors (Lipinski definition) is 1. The van der Waals surface area contributed by atoms with E-state index in [4.69, 9.17) is 0 Å². The molecule has 1 N–H and O–H groups in total. The lowest BCUT2D eigenvalue weighted by Crippen LogP contribution is -2.37. The number of nitrogens with zero attached hydrogens (tertiary/aromatic N) is 3. The van der Waals surface area contributed by atoms with Gasteiger partial charge in [0, 0.05) is 23.8 Å². The standard InChI is InChI=1S/C15H21N3OS/c19-15(14-3-1-12-20-14)13-4-8-17(9-5-13)10-11-18-7-2-6-16-18/h1-3,6-7,12-13,15,19H,4-5,8-11H2. The number of hydrogen-bond acceptors (Lipinski definition) is 4. The van der Waals surface area contributed by atoms with Gasteiger partial charge >= 0.3 is 0 Å². The van der Waals surface area contributed by atoms with Crippen molar-refractivity contribution in [3.63, 3.8) is 0 Å². The molecule has 1 fully saturated rings. The van der Waals surface area contributed by atoms with E-state index < -0.39 is 0 Å². The fourth-order valence-electron chi connectivity index (χ4n) is 2.86. The number of likely N-dealkylation sites (tertiary alicyclic amines) is 1. The first-order chi connectivity index (χ1) is 9.83. The van der Waals surface area contributed by atoms with Crippen LogP contribution < -0.4 is 0 Å². The van der Waals surface area contributed by atoms with E-state index in [-0.39, 0.29) is 6.10 Å². The predicted octanol–water partition coefficient (Wildman–Crippen LogP) is 2.39. The highest BCUT2D eigenvalue weighted by molar-refractivity contribution is 7.10. The highest BCUT2D eigenvalue weighted by Crippen LogP contribution is 2.32. The fourth-order valence-corrected chi connectivity index (χ4v) is 3.66. The first kappa shape index (κ1) is 13.8. The molecule has 1 aliphatic rings. The van der Waals surface area contributed by atoms with Gasteiger partial charge in [-0.15, -0.1) is 11.3 Å². The van der Waals surface area contributed by atoms with Gasteiger partial charge < -0.3 is 10.0 Å². The number of thiophene rings is 1. The van der Waals surface area contributed by atoms with Crippen LogP contribution in [0.15, 0.2) is 36.0 Å². The van der Waals surface area contributed by atoms with Gasteiger partial charge in [0.1, 0.15) is 0 Å². The van der Waals surface area contributed by atoms with Crippen LogP contribution in [0.3, 0.4) is 0 Å². The second kappa shape index (κ2) is 6.52. The van der Waals surface area contributed by atoms with E-state index in [1.54, 1.807) is 11.3 Å². The molecule has 1 atom stereocenters. The summed E-state index contributed by atoms with van der Waals surface area (Å²) >= 11 is 1.66. The molecule has 4 nitrogen and oxygen atoms in total. The Morgan fingerprint density at radius 3 is 2.80 bits per heavy atom. The van der Waals surface area contributed by atoms with Gasteiger partial charge in [0.05, 0.1) is 12.6 Å². The van der Waals surface area contributed by atoms with Gasteiger partial charge in [0.25, 0.3) is 0 Å². The zero-order chi connectivity index (χ0) is 13.8. The van der Waals surface area contributed by atoms with Crippen molar-refractivity contribution >= 4 is 11.3 Å². The lowest BCUT2D eigenvalue weighted by molar-refractivity contribution is 0.0600. The zero-order valence-electron chi connectivity index (χ0n) is 11.6. The van der Waals surface area contributed by atoms with Crippen LogP contribution in [-0.4, -0.2) is 39.4 Å². The third-order valence-corrected chi connectivity index (χ3v) is 5.06. The summed E-state index contributed by atoms with van der Waals surface area (Å²) in [5, 5.41) is 16.6. The van der Waals surface area contributed by atoms with Gasteiger partial charge in [0.15, 0.2) is 0 Å². The van der Waals surface area contributed by atoms with Crippen LogP contribution in [-0.2, 0) is 6.54 Å². The maximum absolute atomic E-state index is 10.4. The summed E-state index contributed by atoms with van der Waals surface area (Å²) < 4.78 is 1.98. The molecule has 2 aromatic rings. The molecular formula is C15H21N3OS. The van der Waals surface area contributed by atoms with Crippen molar-refractivity contribution in [1.82, 2.24) is 14.7 Å². The fraction of sp³-hybridized carbons (Fsp3) is 0.533. The molecule has 3 rings (SSSR count). The van der Waals surface area contributed by atoms with E-state index in [2.05, 4.69) is 10.00 Å². The Morgan fingerprint density at radius 2 is 2.15 bits per heavy atom. The van der Waals surface area contributed by atoms with Gasteiger partial charge in [-0.1, -0.05) is 6.07 Å². The van der Waals surface area contributed by atoms with Crippen LogP contribution >= 0.6 is 11.3 Å². The summed E-state index contributed by atoms with van der Waals surface area (Å²) in [6.07, 6.45) is 5.72. The average molecular weight is 291 g/mol. The summed E-state index contributed by atoms with van der Waals surface area (Å²) in [4.78, 5) is 3.58. The average Bonchev–Trinajstić information content (AvgIpc) is 3.18. The van der Waals surface area contributed by atoms with Crippen molar-refractivity contribution in [3.05, 3.63) is 40.8 Å². The molecule has 0 aromatic carbocycles. The smallest absolute Gasteiger partial charge is 0.0910 e. The number of piperidine rings is 1. The third-order valence-electron chi connectivity index (χ3n) is 4.12. The van der Waals surface area contributed by atoms with E-state index in [0.717, 1.165) is 43.9 Å². The molecule has 5 heteroatoms. The van der Waals surface area contributed by atoms with Crippen molar-refractivity contribution in [2.24, 2.45) is 5.92 Å². The summed E-state index contributed by atoms with van der Waals surface area (Å²) in [5.41, 5.74) is 0. The van der Waals surface area contributed by atoms with Crippen molar-refractivity contribution in [2.75, 3.05) is 19.6 Å². The minimum atomic E-state index is -0.275. The predicted molar refractivity (Wildman–Crippen MR) is 80.7 cm³/mol. The minimum Gasteiger partial charge on any atom is -0.387 e. The lowest BCUT2D eigenvalue weighted by Gasteiger charge is -2.33. The Balaban J connectivity index is 1.45. The minimum absolute atomic E-state index is 0.275. The van der Waals surface area contributed by atoms with Crippen LogP contribution in [0.5, 0.6) is 0 Å². The molecule has 108 valence electrons. The Bertz CT molecular complexity index is 489. The molecule has 0 amide bonds. The number of aromatic nitrogens is 2. The quantitative estimate of drug-likeness (QED) is 0.919. The summed E-state index contributed by atoms with van der Waals surface area (Å²) in [5.74, 6) is 0.412. The molecule has 0 bridgehead atoms. The van der Waals surface area contributed by atoms with Crippen LogP contribution in [0, 0.1) is 5.92 Å². The number of aliphatic hydroxyl groups excluding tert-OH is 1. The van der Waals surface area contributed by atoms with Gasteiger partial charge in [-0.05, 0) is 49.4 Å². The third kappa shape index (κ3) is 3.29. The van der Waals surface area contributed by atoms with E-state index in [9.17, 15) is 5.11 Å². The number of rotatable bonds is 5. The molecule has 20 heavy (non-hydrogen) atoms. The summed E-state index contributed by atoms with van der Waals surface area (Å²) in [6, 6.07) is 6.02. The van der Waals surface area contributed by atoms with E-state index in [1.165, 1.54) is 0 Å². The zero-order valence-corrected chi connectivity index (χ0v) is 12.4. The Hall–Kier alpha value is -1.17. The largest absolute Gasteiger partial charge is 0.387 e. The van der Waals surface area contributed by atoms with Gasteiger partial charge in [0.2, 0.25) is 0 Å². The molecule has 0 radical (unpaired) electrons. The van der Waals surface area contributed by atoms with Gasteiger partial charge in [-0.2, -0.15) is 5.10 Å². The molecule has 1 aliphatic heterocycles. The Labute approximate surface area is 123 Å². The molecule has 1 saturated heterocycles. The van der Waals surface area contributed by atoms with Crippen LogP contribution in [0.4, 0.5) is 0 Å². The summed E-state index contributed by atoms with van der Waals surface area (Å²) in [6.45, 7) is 4.15. The molecule has 0 saturated carbocycles. The highest BCUT2D eigenvalue weighted by Gasteiger charge is 2.26. The Morgan fingerprint density at radius 1 is 1.30 bits per heavy atom. The topological polar surface area (TPSA) is 41.3 Å². The molecule has 3 heterocycles. The highest BCUT2D eigenvalue weighted by atomic mass is 32.1. The molecular weight excluding hydrogens is 270 g/mol. The molecule has 0 spiro atoms.